The molecule has 27 heavy (non-hydrogen) atoms. The van der Waals surface area contributed by atoms with Gasteiger partial charge < -0.3 is 9.47 Å². The fourth-order valence-corrected chi connectivity index (χ4v) is 2.87. The molecule has 6 heteroatoms. The first-order valence-corrected chi connectivity index (χ1v) is 9.04. The van der Waals surface area contributed by atoms with E-state index >= 15 is 0 Å². The third-order valence-electron chi connectivity index (χ3n) is 4.56. The van der Waals surface area contributed by atoms with Crippen LogP contribution in [-0.2, 0) is 11.3 Å². The highest BCUT2D eigenvalue weighted by Gasteiger charge is 2.11. The van der Waals surface area contributed by atoms with E-state index in [1.807, 2.05) is 55.5 Å². The average molecular weight is 367 g/mol. The molecule has 0 spiro atoms. The van der Waals surface area contributed by atoms with E-state index in [1.165, 1.54) is 5.56 Å². The zero-order valence-electron chi connectivity index (χ0n) is 15.8. The van der Waals surface area contributed by atoms with Crippen LogP contribution in [0.1, 0.15) is 28.4 Å². The minimum atomic E-state index is -0.221. The number of morpholine rings is 1. The number of methoxy groups -OCH3 is 1. The molecule has 1 N–H and O–H groups in total. The van der Waals surface area contributed by atoms with E-state index in [2.05, 4.69) is 15.4 Å². The molecular formula is C21H25N3O3. The van der Waals surface area contributed by atoms with Gasteiger partial charge in [-0.1, -0.05) is 12.1 Å². The molecule has 3 rings (SSSR count). The van der Waals surface area contributed by atoms with Crippen molar-refractivity contribution >= 4 is 11.6 Å². The number of nitrogens with zero attached hydrogens (tertiary/aromatic N) is 2. The van der Waals surface area contributed by atoms with E-state index in [0.29, 0.717) is 5.56 Å². The van der Waals surface area contributed by atoms with Gasteiger partial charge in [0.1, 0.15) is 5.75 Å². The molecule has 6 nitrogen and oxygen atoms in total. The van der Waals surface area contributed by atoms with Gasteiger partial charge in [0, 0.05) is 25.2 Å². The van der Waals surface area contributed by atoms with Gasteiger partial charge in [-0.15, -0.1) is 0 Å². The monoisotopic (exact) mass is 367 g/mol. The Labute approximate surface area is 159 Å². The lowest BCUT2D eigenvalue weighted by molar-refractivity contribution is 0.0342. The van der Waals surface area contributed by atoms with Crippen LogP contribution in [0.25, 0.3) is 0 Å². The standard InChI is InChI=1S/C21H25N3O3/c1-16(18-7-9-20(26-2)10-8-18)22-23-21(25)19-5-3-17(4-6-19)15-24-11-13-27-14-12-24/h3-10H,11-15H2,1-2H3,(H,23,25)/b22-16-. The van der Waals surface area contributed by atoms with Crippen LogP contribution in [0, 0.1) is 0 Å². The molecule has 1 aliphatic heterocycles. The maximum absolute atomic E-state index is 12.3. The molecule has 0 aromatic heterocycles. The Balaban J connectivity index is 1.56. The van der Waals surface area contributed by atoms with Crippen molar-refractivity contribution in [3.05, 3.63) is 65.2 Å². The minimum absolute atomic E-state index is 0.221. The number of hydrogen-bond donors (Lipinski definition) is 1. The van der Waals surface area contributed by atoms with Gasteiger partial charge in [0.05, 0.1) is 26.0 Å². The summed E-state index contributed by atoms with van der Waals surface area (Å²) in [7, 11) is 1.63. The smallest absolute Gasteiger partial charge is 0.271 e. The van der Waals surface area contributed by atoms with Crippen molar-refractivity contribution in [3.8, 4) is 5.75 Å². The SMILES string of the molecule is COc1ccc(/C(C)=N\NC(=O)c2ccc(CN3CCOCC3)cc2)cc1. The number of ether oxygens (including phenoxy) is 2. The van der Waals surface area contributed by atoms with Crippen LogP contribution in [-0.4, -0.2) is 49.9 Å². The molecule has 1 heterocycles. The first kappa shape index (κ1) is 19.1. The molecule has 142 valence electrons. The lowest BCUT2D eigenvalue weighted by Crippen LogP contribution is -2.35. The Morgan fingerprint density at radius 3 is 2.33 bits per heavy atom. The molecule has 1 amide bonds. The van der Waals surface area contributed by atoms with Gasteiger partial charge in [0.25, 0.3) is 5.91 Å². The van der Waals surface area contributed by atoms with E-state index < -0.39 is 0 Å². The van der Waals surface area contributed by atoms with E-state index in [1.54, 1.807) is 7.11 Å². The summed E-state index contributed by atoms with van der Waals surface area (Å²) < 4.78 is 10.5. The Kier molecular flexibility index (Phi) is 6.57. The van der Waals surface area contributed by atoms with Crippen molar-refractivity contribution in [3.63, 3.8) is 0 Å². The van der Waals surface area contributed by atoms with Crippen molar-refractivity contribution in [2.24, 2.45) is 5.10 Å². The lowest BCUT2D eigenvalue weighted by Gasteiger charge is -2.26. The summed E-state index contributed by atoms with van der Waals surface area (Å²) >= 11 is 0. The number of nitrogens with one attached hydrogen (secondary N) is 1. The molecule has 0 atom stereocenters. The van der Waals surface area contributed by atoms with Crippen LogP contribution in [0.4, 0.5) is 0 Å². The number of hydrogen-bond acceptors (Lipinski definition) is 5. The van der Waals surface area contributed by atoms with Gasteiger partial charge in [-0.05, 0) is 54.4 Å². The molecule has 0 radical (unpaired) electrons. The van der Waals surface area contributed by atoms with Crippen LogP contribution >= 0.6 is 0 Å². The van der Waals surface area contributed by atoms with Gasteiger partial charge in [0.2, 0.25) is 0 Å². The molecule has 2 aromatic rings. The fraction of sp³-hybridized carbons (Fsp3) is 0.333. The highest BCUT2D eigenvalue weighted by atomic mass is 16.5. The van der Waals surface area contributed by atoms with Crippen LogP contribution in [0.5, 0.6) is 5.75 Å². The minimum Gasteiger partial charge on any atom is -0.497 e. The molecule has 1 aliphatic rings. The topological polar surface area (TPSA) is 63.2 Å². The number of hydrazone groups is 1. The maximum atomic E-state index is 12.3. The summed E-state index contributed by atoms with van der Waals surface area (Å²) in [6, 6.07) is 15.2. The van der Waals surface area contributed by atoms with Crippen LogP contribution in [0.15, 0.2) is 53.6 Å². The third kappa shape index (κ3) is 5.39. The zero-order chi connectivity index (χ0) is 19.1. The number of benzene rings is 2. The maximum Gasteiger partial charge on any atom is 0.271 e. The second-order valence-electron chi connectivity index (χ2n) is 6.45. The molecule has 0 aliphatic carbocycles. The van der Waals surface area contributed by atoms with Crippen LogP contribution in [0.3, 0.4) is 0 Å². The summed E-state index contributed by atoms with van der Waals surface area (Å²) in [5, 5.41) is 4.20. The number of carbonyl (C=O) groups excluding carboxylic acids is 1. The molecule has 1 saturated heterocycles. The predicted molar refractivity (Wildman–Crippen MR) is 105 cm³/mol. The van der Waals surface area contributed by atoms with Gasteiger partial charge in [-0.2, -0.15) is 5.10 Å². The zero-order valence-corrected chi connectivity index (χ0v) is 15.8. The second kappa shape index (κ2) is 9.30. The summed E-state index contributed by atoms with van der Waals surface area (Å²) in [6.07, 6.45) is 0. The number of amides is 1. The van der Waals surface area contributed by atoms with Crippen molar-refractivity contribution in [1.29, 1.82) is 0 Å². The van der Waals surface area contributed by atoms with Gasteiger partial charge in [-0.3, -0.25) is 9.69 Å². The third-order valence-corrected chi connectivity index (χ3v) is 4.56. The molecular weight excluding hydrogens is 342 g/mol. The van der Waals surface area contributed by atoms with E-state index in [9.17, 15) is 4.79 Å². The van der Waals surface area contributed by atoms with Crippen molar-refractivity contribution in [2.75, 3.05) is 33.4 Å². The van der Waals surface area contributed by atoms with Crippen molar-refractivity contribution in [2.45, 2.75) is 13.5 Å². The first-order chi connectivity index (χ1) is 13.2. The number of rotatable bonds is 6. The molecule has 0 unspecified atom stereocenters. The van der Waals surface area contributed by atoms with E-state index in [-0.39, 0.29) is 5.91 Å². The Bertz CT molecular complexity index is 779. The van der Waals surface area contributed by atoms with Gasteiger partial charge in [-0.25, -0.2) is 5.43 Å². The predicted octanol–water partition coefficient (Wildman–Crippen LogP) is 2.68. The summed E-state index contributed by atoms with van der Waals surface area (Å²) in [6.45, 7) is 6.19. The van der Waals surface area contributed by atoms with Gasteiger partial charge in [0.15, 0.2) is 0 Å². The Morgan fingerprint density at radius 1 is 1.07 bits per heavy atom. The first-order valence-electron chi connectivity index (χ1n) is 9.04. The Hall–Kier alpha value is -2.70. The molecule has 0 bridgehead atoms. The molecule has 2 aromatic carbocycles. The number of carbonyl (C=O) groups is 1. The van der Waals surface area contributed by atoms with E-state index in [4.69, 9.17) is 9.47 Å². The normalized spacial score (nSPS) is 15.4. The average Bonchev–Trinajstić information content (AvgIpc) is 2.73. The van der Waals surface area contributed by atoms with Crippen molar-refractivity contribution < 1.29 is 14.3 Å². The highest BCUT2D eigenvalue weighted by molar-refractivity contribution is 6.00. The summed E-state index contributed by atoms with van der Waals surface area (Å²) in [5.74, 6) is 0.563. The Morgan fingerprint density at radius 2 is 1.70 bits per heavy atom. The van der Waals surface area contributed by atoms with Crippen molar-refractivity contribution in [1.82, 2.24) is 10.3 Å². The highest BCUT2D eigenvalue weighted by Crippen LogP contribution is 2.12. The quantitative estimate of drug-likeness (QED) is 0.630. The summed E-state index contributed by atoms with van der Waals surface area (Å²) in [5.41, 5.74) is 6.05. The van der Waals surface area contributed by atoms with Crippen LogP contribution < -0.4 is 10.2 Å². The second-order valence-corrected chi connectivity index (χ2v) is 6.45. The molecule has 0 saturated carbocycles. The van der Waals surface area contributed by atoms with E-state index in [0.717, 1.165) is 49.9 Å². The summed E-state index contributed by atoms with van der Waals surface area (Å²) in [4.78, 5) is 14.7. The lowest BCUT2D eigenvalue weighted by atomic mass is 10.1. The largest absolute Gasteiger partial charge is 0.497 e. The van der Waals surface area contributed by atoms with Gasteiger partial charge >= 0.3 is 0 Å². The fourth-order valence-electron chi connectivity index (χ4n) is 2.87. The van der Waals surface area contributed by atoms with Crippen LogP contribution in [0.2, 0.25) is 0 Å². The molecule has 1 fully saturated rings.